The third-order valence-electron chi connectivity index (χ3n) is 7.27. The summed E-state index contributed by atoms with van der Waals surface area (Å²) in [6, 6.07) is 25.0. The first-order valence-corrected chi connectivity index (χ1v) is 13.9. The van der Waals surface area contributed by atoms with Crippen LogP contribution >= 0.6 is 11.8 Å². The molecule has 6 rings (SSSR count). The van der Waals surface area contributed by atoms with E-state index in [9.17, 15) is 4.79 Å². The van der Waals surface area contributed by atoms with Gasteiger partial charge in [0.2, 0.25) is 5.72 Å². The minimum atomic E-state index is -1.02. The van der Waals surface area contributed by atoms with Gasteiger partial charge in [0, 0.05) is 17.9 Å². The first kappa shape index (κ1) is 24.8. The van der Waals surface area contributed by atoms with Crippen LogP contribution < -0.4 is 9.47 Å². The molecule has 0 spiro atoms. The largest absolute Gasteiger partial charge is 0.497 e. The summed E-state index contributed by atoms with van der Waals surface area (Å²) in [7, 11) is 1.65. The molecule has 0 saturated carbocycles. The number of amidine groups is 1. The lowest BCUT2D eigenvalue weighted by atomic mass is 9.80. The monoisotopic (exact) mass is 530 g/mol. The highest BCUT2D eigenvalue weighted by Crippen LogP contribution is 2.52. The van der Waals surface area contributed by atoms with Gasteiger partial charge in [-0.3, -0.25) is 0 Å². The maximum Gasteiger partial charge on any atom is 0.338 e. The second kappa shape index (κ2) is 10.7. The Morgan fingerprint density at radius 2 is 1.87 bits per heavy atom. The van der Waals surface area contributed by atoms with Crippen molar-refractivity contribution in [2.45, 2.75) is 24.8 Å². The van der Waals surface area contributed by atoms with Crippen molar-refractivity contribution >= 4 is 22.9 Å². The molecule has 3 aromatic rings. The van der Waals surface area contributed by atoms with Crippen molar-refractivity contribution in [3.8, 4) is 11.5 Å². The zero-order valence-electron chi connectivity index (χ0n) is 21.2. The molecule has 0 unspecified atom stereocenters. The quantitative estimate of drug-likeness (QED) is 0.365. The minimum Gasteiger partial charge on any atom is -0.497 e. The SMILES string of the molecule is COc1ccc(COC[C@@]23N=C4SCCCN4[C@H](c4ccccc4O2)[C@H]3COC(=O)c2ccccc2)cc1. The Balaban J connectivity index is 1.31. The lowest BCUT2D eigenvalue weighted by Gasteiger charge is -2.54. The minimum absolute atomic E-state index is 0.0339. The fourth-order valence-electron chi connectivity index (χ4n) is 5.38. The number of methoxy groups -OCH3 is 1. The van der Waals surface area contributed by atoms with E-state index in [1.54, 1.807) is 31.0 Å². The number of carbonyl (C=O) groups is 1. The summed E-state index contributed by atoms with van der Waals surface area (Å²) in [4.78, 5) is 20.5. The average molecular weight is 531 g/mol. The van der Waals surface area contributed by atoms with Gasteiger partial charge in [-0.25, -0.2) is 9.79 Å². The standard InChI is InChI=1S/C30H30N2O5S/c1-34-23-14-12-21(13-15-23)18-35-20-30-25(19-36-28(33)22-8-3-2-4-9-22)27(24-10-5-6-11-26(24)37-30)32-16-7-17-38-29(32)31-30/h2-6,8-15,25,27H,7,16-20H2,1H3/t25-,27-,30-/m1/s1. The molecule has 0 aromatic heterocycles. The summed E-state index contributed by atoms with van der Waals surface area (Å²) in [5, 5.41) is 0.967. The lowest BCUT2D eigenvalue weighted by molar-refractivity contribution is -0.120. The number of ether oxygens (including phenoxy) is 4. The van der Waals surface area contributed by atoms with E-state index in [0.29, 0.717) is 12.2 Å². The van der Waals surface area contributed by atoms with Crippen LogP contribution in [0.4, 0.5) is 0 Å². The van der Waals surface area contributed by atoms with Gasteiger partial charge in [0.05, 0.1) is 31.2 Å². The van der Waals surface area contributed by atoms with Gasteiger partial charge in [-0.05, 0) is 42.3 Å². The molecular formula is C30H30N2O5S. The molecule has 7 nitrogen and oxygen atoms in total. The van der Waals surface area contributed by atoms with Crippen LogP contribution in [0.3, 0.4) is 0 Å². The summed E-state index contributed by atoms with van der Waals surface area (Å²) in [6.45, 7) is 1.70. The Kier molecular flexibility index (Phi) is 7.00. The molecule has 0 aliphatic carbocycles. The van der Waals surface area contributed by atoms with Crippen LogP contribution in [0.15, 0.2) is 83.9 Å². The maximum absolute atomic E-state index is 12.9. The molecular weight excluding hydrogens is 500 g/mol. The summed E-state index contributed by atoms with van der Waals surface area (Å²) >= 11 is 1.75. The van der Waals surface area contributed by atoms with E-state index in [0.717, 1.165) is 46.5 Å². The van der Waals surface area contributed by atoms with Crippen molar-refractivity contribution in [1.29, 1.82) is 0 Å². The molecule has 1 fully saturated rings. The highest BCUT2D eigenvalue weighted by Gasteiger charge is 2.57. The number of fused-ring (bicyclic) bond motifs is 6. The van der Waals surface area contributed by atoms with Gasteiger partial charge in [-0.2, -0.15) is 0 Å². The van der Waals surface area contributed by atoms with Crippen LogP contribution in [0, 0.1) is 5.92 Å². The zero-order chi connectivity index (χ0) is 26.0. The van der Waals surface area contributed by atoms with Crippen LogP contribution in [-0.4, -0.2) is 54.4 Å². The third-order valence-corrected chi connectivity index (χ3v) is 8.34. The van der Waals surface area contributed by atoms with E-state index in [4.69, 9.17) is 23.9 Å². The number of nitrogens with zero attached hydrogens (tertiary/aromatic N) is 2. The summed E-state index contributed by atoms with van der Waals surface area (Å²) < 4.78 is 24.2. The number of hydrogen-bond donors (Lipinski definition) is 0. The van der Waals surface area contributed by atoms with E-state index in [2.05, 4.69) is 11.0 Å². The second-order valence-corrected chi connectivity index (χ2v) is 10.7. The van der Waals surface area contributed by atoms with E-state index < -0.39 is 5.72 Å². The number of rotatable bonds is 8. The van der Waals surface area contributed by atoms with E-state index in [1.807, 2.05) is 60.7 Å². The van der Waals surface area contributed by atoms with Gasteiger partial charge in [0.1, 0.15) is 24.7 Å². The van der Waals surface area contributed by atoms with Crippen LogP contribution in [0.25, 0.3) is 0 Å². The van der Waals surface area contributed by atoms with Crippen LogP contribution in [0.5, 0.6) is 11.5 Å². The highest BCUT2D eigenvalue weighted by atomic mass is 32.2. The van der Waals surface area contributed by atoms with Gasteiger partial charge in [-0.15, -0.1) is 0 Å². The van der Waals surface area contributed by atoms with Gasteiger partial charge in [0.25, 0.3) is 0 Å². The first-order valence-electron chi connectivity index (χ1n) is 12.9. The molecule has 8 heteroatoms. The first-order chi connectivity index (χ1) is 18.7. The molecule has 38 heavy (non-hydrogen) atoms. The Hall–Kier alpha value is -3.49. The third kappa shape index (κ3) is 4.74. The Labute approximate surface area is 226 Å². The molecule has 2 bridgehead atoms. The molecule has 3 atom stereocenters. The molecule has 0 amide bonds. The molecule has 3 aromatic carbocycles. The average Bonchev–Trinajstić information content (AvgIpc) is 2.96. The van der Waals surface area contributed by atoms with Crippen LogP contribution in [0.1, 0.15) is 33.9 Å². The molecule has 1 saturated heterocycles. The van der Waals surface area contributed by atoms with Gasteiger partial charge < -0.3 is 23.8 Å². The Bertz CT molecular complexity index is 1320. The summed E-state index contributed by atoms with van der Waals surface area (Å²) in [5.74, 6) is 2.02. The van der Waals surface area contributed by atoms with Crippen molar-refractivity contribution in [2.24, 2.45) is 10.9 Å². The summed E-state index contributed by atoms with van der Waals surface area (Å²) in [5.41, 5.74) is 1.63. The van der Waals surface area contributed by atoms with Crippen LogP contribution in [-0.2, 0) is 16.1 Å². The number of hydrogen-bond acceptors (Lipinski definition) is 8. The topological polar surface area (TPSA) is 69.6 Å². The van der Waals surface area contributed by atoms with Gasteiger partial charge in [0.15, 0.2) is 5.17 Å². The molecule has 3 aliphatic rings. The fraction of sp³-hybridized carbons (Fsp3) is 0.333. The van der Waals surface area contributed by atoms with E-state index in [-0.39, 0.29) is 31.1 Å². The maximum atomic E-state index is 12.9. The predicted octanol–water partition coefficient (Wildman–Crippen LogP) is 5.32. The zero-order valence-corrected chi connectivity index (χ0v) is 22.1. The Morgan fingerprint density at radius 1 is 1.08 bits per heavy atom. The van der Waals surface area contributed by atoms with Gasteiger partial charge >= 0.3 is 5.97 Å². The number of esters is 1. The van der Waals surface area contributed by atoms with Crippen molar-refractivity contribution in [1.82, 2.24) is 4.90 Å². The molecule has 3 aliphatic heterocycles. The Morgan fingerprint density at radius 3 is 2.68 bits per heavy atom. The van der Waals surface area contributed by atoms with Crippen LogP contribution in [0.2, 0.25) is 0 Å². The highest BCUT2D eigenvalue weighted by molar-refractivity contribution is 8.13. The number of thioether (sulfide) groups is 1. The smallest absolute Gasteiger partial charge is 0.338 e. The molecule has 3 heterocycles. The normalized spacial score (nSPS) is 23.4. The van der Waals surface area contributed by atoms with Crippen molar-refractivity contribution in [3.05, 3.63) is 95.6 Å². The molecule has 0 N–H and O–H groups in total. The number of aliphatic imine (C=N–C) groups is 1. The summed E-state index contributed by atoms with van der Waals surface area (Å²) in [6.07, 6.45) is 1.07. The van der Waals surface area contributed by atoms with E-state index >= 15 is 0 Å². The van der Waals surface area contributed by atoms with Crippen molar-refractivity contribution in [3.63, 3.8) is 0 Å². The second-order valence-electron chi connectivity index (χ2n) is 9.63. The fourth-order valence-corrected chi connectivity index (χ4v) is 6.43. The lowest BCUT2D eigenvalue weighted by Crippen LogP contribution is -2.62. The number of para-hydroxylation sites is 1. The number of benzene rings is 3. The molecule has 196 valence electrons. The predicted molar refractivity (Wildman–Crippen MR) is 147 cm³/mol. The molecule has 0 radical (unpaired) electrons. The van der Waals surface area contributed by atoms with Crippen molar-refractivity contribution < 1.29 is 23.7 Å². The van der Waals surface area contributed by atoms with Gasteiger partial charge in [-0.1, -0.05) is 60.3 Å². The van der Waals surface area contributed by atoms with Crippen molar-refractivity contribution in [2.75, 3.05) is 32.6 Å². The number of carbonyl (C=O) groups excluding carboxylic acids is 1. The van der Waals surface area contributed by atoms with E-state index in [1.165, 1.54) is 0 Å².